The molecule has 0 spiro atoms. The van der Waals surface area contributed by atoms with Gasteiger partial charge in [-0.15, -0.1) is 0 Å². The van der Waals surface area contributed by atoms with E-state index >= 15 is 0 Å². The zero-order valence-electron chi connectivity index (χ0n) is 23.5. The van der Waals surface area contributed by atoms with Gasteiger partial charge in [-0.25, -0.2) is 8.78 Å². The average Bonchev–Trinajstić information content (AvgIpc) is 2.90. The number of hydrogen-bond donors (Lipinski definition) is 3. The Morgan fingerprint density at radius 2 is 1.75 bits per heavy atom. The first-order valence-corrected chi connectivity index (χ1v) is 13.9. The molecule has 10 heteroatoms. The number of amides is 3. The Morgan fingerprint density at radius 1 is 1.05 bits per heavy atom. The molecule has 3 atom stereocenters. The Labute approximate surface area is 234 Å². The van der Waals surface area contributed by atoms with Gasteiger partial charge in [-0.1, -0.05) is 44.5 Å². The third-order valence-electron chi connectivity index (χ3n) is 7.11. The second-order valence-electron chi connectivity index (χ2n) is 10.4. The average molecular weight is 559 g/mol. The highest BCUT2D eigenvalue weighted by Crippen LogP contribution is 2.15. The van der Waals surface area contributed by atoms with Crippen molar-refractivity contribution in [2.24, 2.45) is 0 Å². The van der Waals surface area contributed by atoms with E-state index in [1.54, 1.807) is 0 Å². The van der Waals surface area contributed by atoms with Crippen molar-refractivity contribution in [1.29, 1.82) is 0 Å². The Morgan fingerprint density at radius 3 is 2.42 bits per heavy atom. The summed E-state index contributed by atoms with van der Waals surface area (Å²) in [7, 11) is 0. The molecule has 1 saturated heterocycles. The number of benzene rings is 2. The summed E-state index contributed by atoms with van der Waals surface area (Å²) < 4.78 is 27.7. The largest absolute Gasteiger partial charge is 0.390 e. The fourth-order valence-corrected chi connectivity index (χ4v) is 4.90. The highest BCUT2D eigenvalue weighted by molar-refractivity contribution is 6.35. The number of halogens is 2. The maximum atomic E-state index is 13.8. The van der Waals surface area contributed by atoms with Gasteiger partial charge in [-0.3, -0.25) is 14.4 Å². The van der Waals surface area contributed by atoms with Crippen LogP contribution in [0.1, 0.15) is 50.3 Å². The summed E-state index contributed by atoms with van der Waals surface area (Å²) in [6.07, 6.45) is 1.42. The minimum Gasteiger partial charge on any atom is -0.390 e. The van der Waals surface area contributed by atoms with Crippen molar-refractivity contribution in [2.75, 3.05) is 26.2 Å². The van der Waals surface area contributed by atoms with E-state index in [9.17, 15) is 28.3 Å². The van der Waals surface area contributed by atoms with Crippen LogP contribution in [0.4, 0.5) is 8.78 Å². The van der Waals surface area contributed by atoms with Crippen molar-refractivity contribution in [1.82, 2.24) is 20.4 Å². The molecule has 1 aliphatic rings. The van der Waals surface area contributed by atoms with Crippen LogP contribution in [0, 0.1) is 11.6 Å². The van der Waals surface area contributed by atoms with E-state index in [4.69, 9.17) is 0 Å². The smallest absolute Gasteiger partial charge is 0.312 e. The Balaban J connectivity index is 1.66. The van der Waals surface area contributed by atoms with Gasteiger partial charge >= 0.3 is 11.8 Å². The van der Waals surface area contributed by atoms with Gasteiger partial charge in [-0.2, -0.15) is 0 Å². The first-order chi connectivity index (χ1) is 19.1. The molecule has 1 fully saturated rings. The van der Waals surface area contributed by atoms with Crippen molar-refractivity contribution in [3.63, 3.8) is 0 Å². The van der Waals surface area contributed by atoms with E-state index in [0.717, 1.165) is 43.0 Å². The van der Waals surface area contributed by atoms with Crippen molar-refractivity contribution in [3.05, 3.63) is 70.8 Å². The molecule has 3 rings (SSSR count). The van der Waals surface area contributed by atoms with Gasteiger partial charge in [-0.05, 0) is 55.0 Å². The fraction of sp³-hybridized carbons (Fsp3) is 0.500. The molecule has 2 aromatic carbocycles. The van der Waals surface area contributed by atoms with Crippen LogP contribution in [0.5, 0.6) is 0 Å². The molecule has 0 saturated carbocycles. The number of carbonyl (C=O) groups excluding carboxylic acids is 3. The summed E-state index contributed by atoms with van der Waals surface area (Å²) in [6, 6.07) is 9.94. The molecule has 3 N–H and O–H groups in total. The van der Waals surface area contributed by atoms with Crippen LogP contribution < -0.4 is 10.6 Å². The van der Waals surface area contributed by atoms with Crippen LogP contribution in [-0.4, -0.2) is 77.0 Å². The quantitative estimate of drug-likeness (QED) is 0.310. The lowest BCUT2D eigenvalue weighted by molar-refractivity contribution is -0.159. The molecular weight excluding hydrogens is 518 g/mol. The Bertz CT molecular complexity index is 1160. The number of piperazine rings is 1. The van der Waals surface area contributed by atoms with E-state index in [-0.39, 0.29) is 37.7 Å². The normalized spacial score (nSPS) is 17.2. The summed E-state index contributed by atoms with van der Waals surface area (Å²) in [5, 5.41) is 16.9. The van der Waals surface area contributed by atoms with E-state index in [1.165, 1.54) is 15.4 Å². The predicted molar refractivity (Wildman–Crippen MR) is 148 cm³/mol. The van der Waals surface area contributed by atoms with Gasteiger partial charge in [0.1, 0.15) is 18.2 Å². The van der Waals surface area contributed by atoms with E-state index in [2.05, 4.69) is 23.6 Å². The van der Waals surface area contributed by atoms with Gasteiger partial charge < -0.3 is 25.5 Å². The molecule has 2 aromatic rings. The molecule has 0 bridgehead atoms. The van der Waals surface area contributed by atoms with Gasteiger partial charge in [0.05, 0.1) is 12.1 Å². The fourth-order valence-electron chi connectivity index (χ4n) is 4.90. The number of aliphatic hydroxyl groups is 1. The molecule has 218 valence electrons. The maximum Gasteiger partial charge on any atom is 0.312 e. The molecule has 1 aliphatic heterocycles. The molecular formula is C30H40F2N4O4. The van der Waals surface area contributed by atoms with Crippen LogP contribution in [-0.2, 0) is 33.8 Å². The van der Waals surface area contributed by atoms with Crippen LogP contribution in [0.2, 0.25) is 0 Å². The Hall–Kier alpha value is -3.37. The minimum atomic E-state index is -1.10. The number of nitrogens with one attached hydrogen (secondary N) is 2. The number of unbranched alkanes of at least 4 members (excludes halogenated alkanes) is 1. The SMILES string of the molecule is CCCCN1C(=O)C(=O)N(CC(=O)N[C@@H](Cc2cc(F)cc(F)c2)[C@@H](O)CNCc2cccc(CC)c2)C[C@@H]1C. The van der Waals surface area contributed by atoms with Gasteiger partial charge in [0, 0.05) is 38.3 Å². The van der Waals surface area contributed by atoms with E-state index in [0.29, 0.717) is 13.1 Å². The lowest BCUT2D eigenvalue weighted by Crippen LogP contribution is -2.61. The number of aliphatic hydroxyl groups excluding tert-OH is 1. The third-order valence-corrected chi connectivity index (χ3v) is 7.11. The summed E-state index contributed by atoms with van der Waals surface area (Å²) >= 11 is 0. The molecule has 0 unspecified atom stereocenters. The first kappa shape index (κ1) is 31.2. The second-order valence-corrected chi connectivity index (χ2v) is 10.4. The highest BCUT2D eigenvalue weighted by Gasteiger charge is 2.37. The third kappa shape index (κ3) is 8.82. The van der Waals surface area contributed by atoms with Crippen LogP contribution >= 0.6 is 0 Å². The molecule has 8 nitrogen and oxygen atoms in total. The topological polar surface area (TPSA) is 102 Å². The molecule has 0 radical (unpaired) electrons. The number of hydrogen-bond acceptors (Lipinski definition) is 5. The van der Waals surface area contributed by atoms with Gasteiger partial charge in [0.2, 0.25) is 5.91 Å². The minimum absolute atomic E-state index is 0.0390. The monoisotopic (exact) mass is 558 g/mol. The zero-order chi connectivity index (χ0) is 29.2. The molecule has 1 heterocycles. The molecule has 0 aromatic heterocycles. The predicted octanol–water partition coefficient (Wildman–Crippen LogP) is 2.56. The van der Waals surface area contributed by atoms with Crippen LogP contribution in [0.15, 0.2) is 42.5 Å². The van der Waals surface area contributed by atoms with E-state index in [1.807, 2.05) is 32.0 Å². The molecule has 40 heavy (non-hydrogen) atoms. The van der Waals surface area contributed by atoms with Crippen LogP contribution in [0.25, 0.3) is 0 Å². The summed E-state index contributed by atoms with van der Waals surface area (Å²) in [5.74, 6) is -3.48. The number of nitrogens with zero attached hydrogens (tertiary/aromatic N) is 2. The molecule has 3 amide bonds. The second kappa shape index (κ2) is 14.9. The standard InChI is InChI=1S/C30H40F2N4O4/c1-4-6-10-36-20(3)18-35(29(39)30(36)40)19-28(38)34-26(14-23-12-24(31)15-25(32)13-23)27(37)17-33-16-22-9-7-8-21(5-2)11-22/h7-9,11-13,15,20,26-27,33,37H,4-6,10,14,16-19H2,1-3H3,(H,34,38)/t20-,26-,27-/m0/s1. The Kier molecular flexibility index (Phi) is 11.6. The van der Waals surface area contributed by atoms with Crippen molar-refractivity contribution in [3.8, 4) is 0 Å². The van der Waals surface area contributed by atoms with Crippen LogP contribution in [0.3, 0.4) is 0 Å². The molecule has 0 aliphatic carbocycles. The van der Waals surface area contributed by atoms with Gasteiger partial charge in [0.25, 0.3) is 0 Å². The summed E-state index contributed by atoms with van der Waals surface area (Å²) in [6.45, 7) is 6.81. The van der Waals surface area contributed by atoms with E-state index < -0.39 is 41.5 Å². The van der Waals surface area contributed by atoms with Crippen molar-refractivity contribution >= 4 is 17.7 Å². The summed E-state index contributed by atoms with van der Waals surface area (Å²) in [5.41, 5.74) is 2.49. The van der Waals surface area contributed by atoms with Crippen molar-refractivity contribution < 1.29 is 28.3 Å². The first-order valence-electron chi connectivity index (χ1n) is 13.9. The number of aryl methyl sites for hydroxylation is 1. The number of rotatable bonds is 14. The number of carbonyl (C=O) groups is 3. The van der Waals surface area contributed by atoms with Crippen molar-refractivity contribution in [2.45, 2.75) is 71.2 Å². The lowest BCUT2D eigenvalue weighted by atomic mass is 10.0. The maximum absolute atomic E-state index is 13.8. The van der Waals surface area contributed by atoms with Gasteiger partial charge in [0.15, 0.2) is 0 Å². The summed E-state index contributed by atoms with van der Waals surface area (Å²) in [4.78, 5) is 41.1. The lowest BCUT2D eigenvalue weighted by Gasteiger charge is -2.38. The highest BCUT2D eigenvalue weighted by atomic mass is 19.1. The zero-order valence-corrected chi connectivity index (χ0v) is 23.5.